The number of aromatic nitrogens is 2. The molecule has 0 unspecified atom stereocenters. The lowest BCUT2D eigenvalue weighted by atomic mass is 10.1. The van der Waals surface area contributed by atoms with Crippen molar-refractivity contribution in [1.82, 2.24) is 9.97 Å². The predicted octanol–water partition coefficient (Wildman–Crippen LogP) is 3.82. The Bertz CT molecular complexity index is 1010. The van der Waals surface area contributed by atoms with Crippen LogP contribution in [0.1, 0.15) is 45.8 Å². The van der Waals surface area contributed by atoms with Crippen LogP contribution in [0, 0.1) is 0 Å². The van der Waals surface area contributed by atoms with Crippen LogP contribution in [0.2, 0.25) is 0 Å². The van der Waals surface area contributed by atoms with Gasteiger partial charge in [0.15, 0.2) is 0 Å². The molecule has 0 spiro atoms. The fraction of sp³-hybridized carbons (Fsp3) is 0.292. The highest BCUT2D eigenvalue weighted by Crippen LogP contribution is 2.23. The topological polar surface area (TPSA) is 102 Å². The van der Waals surface area contributed by atoms with Crippen molar-refractivity contribution in [2.75, 3.05) is 7.11 Å². The van der Waals surface area contributed by atoms with Gasteiger partial charge in [-0.05, 0) is 49.4 Å². The maximum Gasteiger partial charge on any atom is 0.335 e. The first kappa shape index (κ1) is 22.2. The van der Waals surface area contributed by atoms with Gasteiger partial charge >= 0.3 is 5.97 Å². The lowest BCUT2D eigenvalue weighted by Gasteiger charge is -2.12. The number of carbonyl (C=O) groups is 1. The van der Waals surface area contributed by atoms with Gasteiger partial charge in [-0.1, -0.05) is 30.3 Å². The number of benzene rings is 1. The second-order valence-corrected chi connectivity index (χ2v) is 7.08. The highest BCUT2D eigenvalue weighted by Gasteiger charge is 2.11. The molecule has 31 heavy (non-hydrogen) atoms. The number of aryl methyl sites for hydroxylation is 2. The lowest BCUT2D eigenvalue weighted by Crippen LogP contribution is -2.05. The van der Waals surface area contributed by atoms with Gasteiger partial charge in [0.1, 0.15) is 12.4 Å². The van der Waals surface area contributed by atoms with Crippen LogP contribution in [0.25, 0.3) is 0 Å². The highest BCUT2D eigenvalue weighted by atomic mass is 16.5. The highest BCUT2D eigenvalue weighted by molar-refractivity contribution is 5.87. The van der Waals surface area contributed by atoms with Crippen LogP contribution in [0.15, 0.2) is 54.6 Å². The number of carboxylic acid groups (broad SMARTS) is 1. The third kappa shape index (κ3) is 6.52. The van der Waals surface area contributed by atoms with Gasteiger partial charge in [-0.3, -0.25) is 4.98 Å². The van der Waals surface area contributed by atoms with Crippen molar-refractivity contribution in [2.45, 2.75) is 38.9 Å². The summed E-state index contributed by atoms with van der Waals surface area (Å²) in [7, 11) is 1.58. The van der Waals surface area contributed by atoms with Gasteiger partial charge in [0, 0.05) is 11.8 Å². The summed E-state index contributed by atoms with van der Waals surface area (Å²) >= 11 is 0. The first-order chi connectivity index (χ1) is 15.1. The number of pyridine rings is 2. The van der Waals surface area contributed by atoms with Crippen molar-refractivity contribution in [3.8, 4) is 11.6 Å². The number of hydrogen-bond acceptors (Lipinski definition) is 6. The smallest absolute Gasteiger partial charge is 0.335 e. The summed E-state index contributed by atoms with van der Waals surface area (Å²) in [6, 6.07) is 16.5. The van der Waals surface area contributed by atoms with E-state index in [-0.39, 0.29) is 12.2 Å². The summed E-state index contributed by atoms with van der Waals surface area (Å²) < 4.78 is 11.2. The van der Waals surface area contributed by atoms with Crippen molar-refractivity contribution in [3.05, 3.63) is 82.8 Å². The second kappa shape index (κ2) is 11.1. The monoisotopic (exact) mass is 422 g/mol. The Hall–Kier alpha value is -3.45. The summed E-state index contributed by atoms with van der Waals surface area (Å²) in [6.45, 7) is 0.168. The van der Waals surface area contributed by atoms with Crippen LogP contribution in [0.4, 0.5) is 0 Å². The number of methoxy groups -OCH3 is 1. The third-order valence-electron chi connectivity index (χ3n) is 4.79. The van der Waals surface area contributed by atoms with Crippen LogP contribution in [0.5, 0.6) is 11.6 Å². The molecule has 0 aliphatic carbocycles. The molecule has 0 amide bonds. The van der Waals surface area contributed by atoms with Gasteiger partial charge in [-0.15, -0.1) is 0 Å². The number of aromatic carboxylic acids is 1. The van der Waals surface area contributed by atoms with Crippen molar-refractivity contribution in [2.24, 2.45) is 0 Å². The molecular weight excluding hydrogens is 396 g/mol. The fourth-order valence-electron chi connectivity index (χ4n) is 3.21. The van der Waals surface area contributed by atoms with Gasteiger partial charge in [0.2, 0.25) is 5.88 Å². The van der Waals surface area contributed by atoms with E-state index in [1.54, 1.807) is 19.2 Å². The number of nitrogens with zero attached hydrogens (tertiary/aromatic N) is 2. The van der Waals surface area contributed by atoms with Crippen LogP contribution in [-0.4, -0.2) is 33.3 Å². The molecule has 2 heterocycles. The van der Waals surface area contributed by atoms with Crippen LogP contribution in [0.3, 0.4) is 0 Å². The Labute approximate surface area is 181 Å². The average molecular weight is 422 g/mol. The number of carboxylic acids is 1. The average Bonchev–Trinajstić information content (AvgIpc) is 2.81. The van der Waals surface area contributed by atoms with Gasteiger partial charge in [-0.2, -0.15) is 0 Å². The molecule has 7 heteroatoms. The molecule has 7 nitrogen and oxygen atoms in total. The summed E-state index contributed by atoms with van der Waals surface area (Å²) in [6.07, 6.45) is 2.90. The van der Waals surface area contributed by atoms with E-state index in [2.05, 4.69) is 9.97 Å². The molecule has 3 rings (SSSR count). The maximum atomic E-state index is 11.3. The van der Waals surface area contributed by atoms with E-state index in [0.717, 1.165) is 29.8 Å². The van der Waals surface area contributed by atoms with E-state index in [9.17, 15) is 15.0 Å². The lowest BCUT2D eigenvalue weighted by molar-refractivity contribution is 0.0696. The molecule has 0 bridgehead atoms. The molecule has 3 aromatic rings. The normalized spacial score (nSPS) is 10.6. The van der Waals surface area contributed by atoms with Gasteiger partial charge in [-0.25, -0.2) is 9.78 Å². The molecule has 0 saturated carbocycles. The van der Waals surface area contributed by atoms with Crippen LogP contribution >= 0.6 is 0 Å². The van der Waals surface area contributed by atoms with Crippen LogP contribution in [-0.2, 0) is 26.1 Å². The summed E-state index contributed by atoms with van der Waals surface area (Å²) in [4.78, 5) is 20.1. The molecule has 0 saturated heterocycles. The van der Waals surface area contributed by atoms with Crippen molar-refractivity contribution in [1.29, 1.82) is 0 Å². The van der Waals surface area contributed by atoms with E-state index in [4.69, 9.17) is 9.47 Å². The van der Waals surface area contributed by atoms with Crippen LogP contribution < -0.4 is 9.47 Å². The third-order valence-corrected chi connectivity index (χ3v) is 4.79. The minimum Gasteiger partial charge on any atom is -0.487 e. The molecule has 162 valence electrons. The van der Waals surface area contributed by atoms with E-state index < -0.39 is 5.97 Å². The zero-order valence-corrected chi connectivity index (χ0v) is 17.5. The number of ether oxygens (including phenoxy) is 2. The Morgan fingerprint density at radius 3 is 2.42 bits per heavy atom. The summed E-state index contributed by atoms with van der Waals surface area (Å²) in [5.74, 6) is 0.225. The largest absolute Gasteiger partial charge is 0.487 e. The van der Waals surface area contributed by atoms with E-state index in [1.165, 1.54) is 6.07 Å². The van der Waals surface area contributed by atoms with Crippen molar-refractivity contribution in [3.63, 3.8) is 0 Å². The van der Waals surface area contributed by atoms with Gasteiger partial charge < -0.3 is 19.7 Å². The van der Waals surface area contributed by atoms with E-state index in [0.29, 0.717) is 36.7 Å². The fourth-order valence-corrected chi connectivity index (χ4v) is 3.21. The molecule has 0 fully saturated rings. The van der Waals surface area contributed by atoms with Crippen molar-refractivity contribution >= 4 is 5.97 Å². The maximum absolute atomic E-state index is 11.3. The Balaban J connectivity index is 1.61. The molecule has 0 aliphatic heterocycles. The van der Waals surface area contributed by atoms with E-state index >= 15 is 0 Å². The predicted molar refractivity (Wildman–Crippen MR) is 115 cm³/mol. The number of aliphatic hydroxyl groups is 1. The molecule has 2 N–H and O–H groups in total. The number of hydrogen-bond donors (Lipinski definition) is 2. The minimum absolute atomic E-state index is 0.139. The number of aliphatic hydroxyl groups excluding tert-OH is 1. The summed E-state index contributed by atoms with van der Waals surface area (Å²) in [5, 5.41) is 18.5. The summed E-state index contributed by atoms with van der Waals surface area (Å²) in [5.41, 5.74) is 3.05. The first-order valence-electron chi connectivity index (χ1n) is 10.1. The SMILES string of the molecule is COc1ccc(OCc2ccccc2)c(CCCCc2cc(C(=O)O)cc(CO)n2)n1. The van der Waals surface area contributed by atoms with Gasteiger partial charge in [0.25, 0.3) is 0 Å². The Morgan fingerprint density at radius 1 is 0.968 bits per heavy atom. The Kier molecular flexibility index (Phi) is 7.95. The zero-order valence-electron chi connectivity index (χ0n) is 17.5. The molecule has 0 aliphatic rings. The number of unbranched alkanes of at least 4 members (excludes halogenated alkanes) is 1. The zero-order chi connectivity index (χ0) is 22.1. The van der Waals surface area contributed by atoms with Gasteiger partial charge in [0.05, 0.1) is 30.7 Å². The standard InChI is InChI=1S/C24H26N2O5/c1-30-23-12-11-22(31-16-17-7-3-2-4-8-17)21(26-23)10-6-5-9-19-13-18(24(28)29)14-20(15-27)25-19/h2-4,7-8,11-14,27H,5-6,9-10,15-16H2,1H3,(H,28,29). The molecule has 2 aromatic heterocycles. The second-order valence-electron chi connectivity index (χ2n) is 7.08. The number of rotatable bonds is 11. The van der Waals surface area contributed by atoms with E-state index in [1.807, 2.05) is 36.4 Å². The molecule has 1 aromatic carbocycles. The quantitative estimate of drug-likeness (QED) is 0.453. The Morgan fingerprint density at radius 2 is 1.71 bits per heavy atom. The molecule has 0 radical (unpaired) electrons. The molecule has 0 atom stereocenters. The first-order valence-corrected chi connectivity index (χ1v) is 10.1. The molecular formula is C24H26N2O5. The van der Waals surface area contributed by atoms with Crippen molar-refractivity contribution < 1.29 is 24.5 Å². The minimum atomic E-state index is -1.03.